The molecule has 1 nitrogen and oxygen atoms in total. The fraction of sp³-hybridized carbons (Fsp3) is 0.333. The fourth-order valence-electron chi connectivity index (χ4n) is 12.7. The Morgan fingerprint density at radius 1 is 0.482 bits per heavy atom. The van der Waals surface area contributed by atoms with Crippen molar-refractivity contribution >= 4 is 28.8 Å². The van der Waals surface area contributed by atoms with Crippen molar-refractivity contribution < 1.29 is 0 Å². The zero-order valence-electron chi connectivity index (χ0n) is 33.4. The lowest BCUT2D eigenvalue weighted by molar-refractivity contribution is -0.0443. The van der Waals surface area contributed by atoms with Crippen LogP contribution in [0.5, 0.6) is 0 Å². The first-order valence-electron chi connectivity index (χ1n) is 21.3. The van der Waals surface area contributed by atoms with Gasteiger partial charge < -0.3 is 4.90 Å². The zero-order chi connectivity index (χ0) is 37.8. The highest BCUT2D eigenvalue weighted by molar-refractivity contribution is 7.99. The van der Waals surface area contributed by atoms with E-state index in [1.807, 2.05) is 11.8 Å². The van der Waals surface area contributed by atoms with Crippen molar-refractivity contribution in [3.05, 3.63) is 162 Å². The van der Waals surface area contributed by atoms with E-state index in [0.29, 0.717) is 11.8 Å². The molecule has 4 fully saturated rings. The van der Waals surface area contributed by atoms with Crippen molar-refractivity contribution in [2.45, 2.75) is 98.7 Å². The highest BCUT2D eigenvalue weighted by Gasteiger charge is 2.61. The zero-order valence-corrected chi connectivity index (χ0v) is 34.2. The van der Waals surface area contributed by atoms with Gasteiger partial charge in [0.2, 0.25) is 0 Å². The summed E-state index contributed by atoms with van der Waals surface area (Å²) in [6, 6.07) is 53.5. The number of fused-ring (bicyclic) bond motifs is 3. The Balaban J connectivity index is 1.16. The number of hydrogen-bond acceptors (Lipinski definition) is 2. The Morgan fingerprint density at radius 3 is 1.70 bits per heavy atom. The molecule has 6 aromatic rings. The summed E-state index contributed by atoms with van der Waals surface area (Å²) in [5.74, 6) is 3.15. The fourth-order valence-corrected chi connectivity index (χ4v) is 14.0. The predicted molar refractivity (Wildman–Crippen MR) is 236 cm³/mol. The molecule has 0 amide bonds. The molecule has 4 bridgehead atoms. The molecule has 56 heavy (non-hydrogen) atoms. The SMILES string of the molecule is CC1(C)CCC(C)(C)c2c(N(c3ccc(-c4ccccc4)cc3)c3cccc4c3Sc3ccc(-c5ccccc5)cc3C43C4CC5CC(C4)CC3C5)cccc21. The van der Waals surface area contributed by atoms with E-state index < -0.39 is 0 Å². The Labute approximate surface area is 338 Å². The third-order valence-corrected chi connectivity index (χ3v) is 16.4. The van der Waals surface area contributed by atoms with Gasteiger partial charge in [0.1, 0.15) is 0 Å². The van der Waals surface area contributed by atoms with E-state index >= 15 is 0 Å². The molecule has 6 aromatic carbocycles. The molecular formula is C54H53NS. The molecule has 2 heteroatoms. The number of rotatable bonds is 5. The van der Waals surface area contributed by atoms with E-state index in [1.165, 1.54) is 105 Å². The number of hydrogen-bond donors (Lipinski definition) is 0. The lowest BCUT2D eigenvalue weighted by Crippen LogP contribution is -2.57. The van der Waals surface area contributed by atoms with Crippen LogP contribution in [0.2, 0.25) is 0 Å². The smallest absolute Gasteiger partial charge is 0.0604 e. The average Bonchev–Trinajstić information content (AvgIpc) is 3.22. The molecule has 1 spiro atoms. The Morgan fingerprint density at radius 2 is 1.04 bits per heavy atom. The van der Waals surface area contributed by atoms with Crippen LogP contribution in [0.25, 0.3) is 22.3 Å². The van der Waals surface area contributed by atoms with Crippen LogP contribution < -0.4 is 4.90 Å². The minimum absolute atomic E-state index is 0.0321. The minimum atomic E-state index is 0.0321. The van der Waals surface area contributed by atoms with Crippen LogP contribution in [0.3, 0.4) is 0 Å². The first-order valence-corrected chi connectivity index (χ1v) is 22.1. The van der Waals surface area contributed by atoms with Crippen LogP contribution in [0.1, 0.15) is 94.9 Å². The average molecular weight is 748 g/mol. The van der Waals surface area contributed by atoms with E-state index in [0.717, 1.165) is 11.8 Å². The van der Waals surface area contributed by atoms with Gasteiger partial charge in [0.25, 0.3) is 0 Å². The Bertz CT molecular complexity index is 2430. The summed E-state index contributed by atoms with van der Waals surface area (Å²) in [5, 5.41) is 0. The second kappa shape index (κ2) is 12.7. The molecule has 0 saturated heterocycles. The first kappa shape index (κ1) is 34.7. The molecular weight excluding hydrogens is 695 g/mol. The maximum Gasteiger partial charge on any atom is 0.0604 e. The van der Waals surface area contributed by atoms with Gasteiger partial charge in [0.15, 0.2) is 0 Å². The maximum atomic E-state index is 2.68. The van der Waals surface area contributed by atoms with Crippen LogP contribution in [0.15, 0.2) is 149 Å². The van der Waals surface area contributed by atoms with E-state index in [4.69, 9.17) is 0 Å². The van der Waals surface area contributed by atoms with Gasteiger partial charge in [0, 0.05) is 20.9 Å². The van der Waals surface area contributed by atoms with Crippen molar-refractivity contribution in [2.75, 3.05) is 4.90 Å². The predicted octanol–water partition coefficient (Wildman–Crippen LogP) is 15.0. The van der Waals surface area contributed by atoms with Crippen molar-refractivity contribution in [1.82, 2.24) is 0 Å². The normalized spacial score (nSPS) is 26.0. The molecule has 0 aromatic heterocycles. The molecule has 0 N–H and O–H groups in total. The topological polar surface area (TPSA) is 3.24 Å². The number of benzene rings is 6. The van der Waals surface area contributed by atoms with E-state index in [2.05, 4.69) is 172 Å². The van der Waals surface area contributed by atoms with Gasteiger partial charge in [-0.2, -0.15) is 0 Å². The van der Waals surface area contributed by atoms with Crippen LogP contribution in [0, 0.1) is 23.7 Å². The lowest BCUT2D eigenvalue weighted by Gasteiger charge is -2.63. The number of anilines is 3. The summed E-state index contributed by atoms with van der Waals surface area (Å²) in [5.41, 5.74) is 15.5. The third kappa shape index (κ3) is 5.20. The molecule has 4 saturated carbocycles. The van der Waals surface area contributed by atoms with Gasteiger partial charge in [-0.15, -0.1) is 0 Å². The Hall–Kier alpha value is -4.53. The molecule has 12 rings (SSSR count). The third-order valence-electron chi connectivity index (χ3n) is 15.1. The molecule has 0 unspecified atom stereocenters. The largest absolute Gasteiger partial charge is 0.309 e. The summed E-state index contributed by atoms with van der Waals surface area (Å²) in [4.78, 5) is 5.61. The second-order valence-corrected chi connectivity index (χ2v) is 20.3. The van der Waals surface area contributed by atoms with Gasteiger partial charge in [-0.25, -0.2) is 0 Å². The molecule has 0 radical (unpaired) electrons. The molecule has 5 aliphatic carbocycles. The van der Waals surface area contributed by atoms with Crippen LogP contribution in [-0.4, -0.2) is 0 Å². The van der Waals surface area contributed by atoms with Crippen molar-refractivity contribution in [3.63, 3.8) is 0 Å². The summed E-state index contributed by atoms with van der Waals surface area (Å²) in [6.45, 7) is 9.89. The van der Waals surface area contributed by atoms with Gasteiger partial charge in [-0.05, 0) is 160 Å². The summed E-state index contributed by atoms with van der Waals surface area (Å²) < 4.78 is 0. The minimum Gasteiger partial charge on any atom is -0.309 e. The quantitative estimate of drug-likeness (QED) is 0.173. The van der Waals surface area contributed by atoms with Gasteiger partial charge in [-0.3, -0.25) is 0 Å². The van der Waals surface area contributed by atoms with E-state index in [1.54, 1.807) is 11.1 Å². The lowest BCUT2D eigenvalue weighted by atomic mass is 9.42. The summed E-state index contributed by atoms with van der Waals surface area (Å²) in [6.07, 6.45) is 9.33. The molecule has 1 aliphatic heterocycles. The first-order chi connectivity index (χ1) is 27.2. The van der Waals surface area contributed by atoms with Crippen LogP contribution in [-0.2, 0) is 16.2 Å². The van der Waals surface area contributed by atoms with E-state index in [9.17, 15) is 0 Å². The van der Waals surface area contributed by atoms with Gasteiger partial charge in [0.05, 0.1) is 11.4 Å². The second-order valence-electron chi connectivity index (χ2n) is 19.2. The highest BCUT2D eigenvalue weighted by atomic mass is 32.2. The molecule has 0 atom stereocenters. The molecule has 6 aliphatic rings. The molecule has 280 valence electrons. The van der Waals surface area contributed by atoms with Crippen LogP contribution in [0.4, 0.5) is 17.1 Å². The molecule has 1 heterocycles. The summed E-state index contributed by atoms with van der Waals surface area (Å²) in [7, 11) is 0. The maximum absolute atomic E-state index is 2.68. The van der Waals surface area contributed by atoms with Gasteiger partial charge >= 0.3 is 0 Å². The standard InChI is InChI=1S/C54H53NS/c1-52(2)27-28-53(3,4)50-44(52)17-11-19-47(50)55(43-24-21-39(22-25-43)37-13-7-5-8-14-37)48-20-12-18-45-51(48)56-49-26-23-40(38-15-9-6-10-16-38)34-46(49)54(45)41-30-35-29-36(32-41)33-42(54)31-35/h5-26,34-36,41-42H,27-33H2,1-4H3. The van der Waals surface area contributed by atoms with Crippen LogP contribution >= 0.6 is 11.8 Å². The van der Waals surface area contributed by atoms with Crippen molar-refractivity contribution in [3.8, 4) is 22.3 Å². The van der Waals surface area contributed by atoms with Crippen molar-refractivity contribution in [2.24, 2.45) is 23.7 Å². The summed E-state index contributed by atoms with van der Waals surface area (Å²) >= 11 is 2.04. The van der Waals surface area contributed by atoms with Gasteiger partial charge in [-0.1, -0.05) is 143 Å². The monoisotopic (exact) mass is 747 g/mol. The highest BCUT2D eigenvalue weighted by Crippen LogP contribution is 2.70. The Kier molecular flexibility index (Phi) is 7.89. The van der Waals surface area contributed by atoms with Crippen molar-refractivity contribution in [1.29, 1.82) is 0 Å². The van der Waals surface area contributed by atoms with E-state index in [-0.39, 0.29) is 16.2 Å². The number of nitrogens with zero attached hydrogens (tertiary/aromatic N) is 1.